The molecule has 0 spiro atoms. The van der Waals surface area contributed by atoms with Crippen LogP contribution in [0.1, 0.15) is 45.9 Å². The van der Waals surface area contributed by atoms with Crippen molar-refractivity contribution in [2.24, 2.45) is 11.7 Å². The summed E-state index contributed by atoms with van der Waals surface area (Å²) < 4.78 is 0. The summed E-state index contributed by atoms with van der Waals surface area (Å²) in [6, 6.07) is 15.4. The molecule has 0 aromatic heterocycles. The summed E-state index contributed by atoms with van der Waals surface area (Å²) in [4.78, 5) is 27.3. The zero-order chi connectivity index (χ0) is 20.1. The first kappa shape index (κ1) is 22.9. The number of rotatable bonds is 5. The van der Waals surface area contributed by atoms with E-state index in [2.05, 4.69) is 11.4 Å². The predicted molar refractivity (Wildman–Crippen MR) is 118 cm³/mol. The smallest absolute Gasteiger partial charge is 0.253 e. The van der Waals surface area contributed by atoms with Crippen LogP contribution >= 0.6 is 12.4 Å². The molecular formula is C23H30ClN3O2. The van der Waals surface area contributed by atoms with Crippen LogP contribution < -0.4 is 11.1 Å². The van der Waals surface area contributed by atoms with Crippen molar-refractivity contribution in [1.82, 2.24) is 10.2 Å². The van der Waals surface area contributed by atoms with Crippen molar-refractivity contribution in [3.8, 4) is 0 Å². The van der Waals surface area contributed by atoms with Gasteiger partial charge in [0.1, 0.15) is 0 Å². The Morgan fingerprint density at radius 2 is 1.79 bits per heavy atom. The average molecular weight is 416 g/mol. The number of piperidine rings is 1. The molecule has 2 unspecified atom stereocenters. The van der Waals surface area contributed by atoms with Gasteiger partial charge in [-0.25, -0.2) is 0 Å². The van der Waals surface area contributed by atoms with Gasteiger partial charge < -0.3 is 16.0 Å². The SMILES string of the molecule is Cc1cc(C)cc(C(=O)N2CCCC(C(=O)NCC(N)c3ccccc3)C2)c1.Cl. The lowest BCUT2D eigenvalue weighted by Crippen LogP contribution is -2.46. The number of amides is 2. The van der Waals surface area contributed by atoms with Crippen LogP contribution in [0.4, 0.5) is 0 Å². The van der Waals surface area contributed by atoms with Gasteiger partial charge in [0.25, 0.3) is 5.91 Å². The summed E-state index contributed by atoms with van der Waals surface area (Å²) in [5.74, 6) is -0.207. The van der Waals surface area contributed by atoms with E-state index in [4.69, 9.17) is 5.73 Å². The number of nitrogens with zero attached hydrogens (tertiary/aromatic N) is 1. The minimum Gasteiger partial charge on any atom is -0.354 e. The van der Waals surface area contributed by atoms with Gasteiger partial charge in [0, 0.05) is 31.2 Å². The van der Waals surface area contributed by atoms with Crippen molar-refractivity contribution < 1.29 is 9.59 Å². The molecule has 2 aromatic rings. The van der Waals surface area contributed by atoms with Crippen molar-refractivity contribution in [1.29, 1.82) is 0 Å². The number of nitrogens with two attached hydrogens (primary N) is 1. The van der Waals surface area contributed by atoms with E-state index in [1.165, 1.54) is 0 Å². The Hall–Kier alpha value is -2.37. The van der Waals surface area contributed by atoms with Crippen molar-refractivity contribution >= 4 is 24.2 Å². The number of benzene rings is 2. The molecule has 0 saturated carbocycles. The topological polar surface area (TPSA) is 75.4 Å². The third-order valence-corrected chi connectivity index (χ3v) is 5.27. The maximum atomic E-state index is 12.9. The second kappa shape index (κ2) is 10.4. The van der Waals surface area contributed by atoms with Gasteiger partial charge in [-0.15, -0.1) is 12.4 Å². The van der Waals surface area contributed by atoms with Gasteiger partial charge >= 0.3 is 0 Å². The zero-order valence-corrected chi connectivity index (χ0v) is 17.9. The number of carbonyl (C=O) groups is 2. The Labute approximate surface area is 179 Å². The molecule has 1 aliphatic rings. The summed E-state index contributed by atoms with van der Waals surface area (Å²) in [6.45, 7) is 5.53. The predicted octanol–water partition coefficient (Wildman–Crippen LogP) is 3.39. The van der Waals surface area contributed by atoms with Crippen molar-refractivity contribution in [3.63, 3.8) is 0 Å². The first-order valence-corrected chi connectivity index (χ1v) is 9.90. The molecule has 1 fully saturated rings. The van der Waals surface area contributed by atoms with Crippen molar-refractivity contribution in [2.75, 3.05) is 19.6 Å². The van der Waals surface area contributed by atoms with E-state index >= 15 is 0 Å². The Kier molecular flexibility index (Phi) is 8.23. The molecule has 1 heterocycles. The van der Waals surface area contributed by atoms with Crippen LogP contribution in [0.5, 0.6) is 0 Å². The molecule has 3 N–H and O–H groups in total. The quantitative estimate of drug-likeness (QED) is 0.785. The van der Waals surface area contributed by atoms with Gasteiger partial charge in [0.15, 0.2) is 0 Å². The highest BCUT2D eigenvalue weighted by atomic mass is 35.5. The molecule has 156 valence electrons. The van der Waals surface area contributed by atoms with Crippen molar-refractivity contribution in [2.45, 2.75) is 32.7 Å². The Bertz CT molecular complexity index is 821. The van der Waals surface area contributed by atoms with Gasteiger partial charge in [-0.2, -0.15) is 0 Å². The van der Waals surface area contributed by atoms with Crippen LogP contribution in [0.15, 0.2) is 48.5 Å². The molecule has 1 saturated heterocycles. The molecule has 2 aromatic carbocycles. The number of hydrogen-bond acceptors (Lipinski definition) is 3. The van der Waals surface area contributed by atoms with E-state index in [0.29, 0.717) is 25.2 Å². The fourth-order valence-electron chi connectivity index (χ4n) is 3.83. The second-order valence-electron chi connectivity index (χ2n) is 7.73. The highest BCUT2D eigenvalue weighted by molar-refractivity contribution is 5.95. The maximum Gasteiger partial charge on any atom is 0.253 e. The molecule has 0 radical (unpaired) electrons. The van der Waals surface area contributed by atoms with Crippen LogP contribution in [-0.4, -0.2) is 36.3 Å². The number of aryl methyl sites for hydroxylation is 2. The first-order chi connectivity index (χ1) is 13.4. The zero-order valence-electron chi connectivity index (χ0n) is 17.1. The fourth-order valence-corrected chi connectivity index (χ4v) is 3.83. The standard InChI is InChI=1S/C23H29N3O2.ClH/c1-16-11-17(2)13-20(12-16)23(28)26-10-6-9-19(15-26)22(27)25-14-21(24)18-7-4-3-5-8-18;/h3-5,7-8,11-13,19,21H,6,9-10,14-15,24H2,1-2H3,(H,25,27);1H. The summed E-state index contributed by atoms with van der Waals surface area (Å²) in [6.07, 6.45) is 1.63. The maximum absolute atomic E-state index is 12.9. The van der Waals surface area contributed by atoms with E-state index in [-0.39, 0.29) is 36.2 Å². The van der Waals surface area contributed by atoms with Crippen LogP contribution in [0.3, 0.4) is 0 Å². The molecule has 2 amide bonds. The van der Waals surface area contributed by atoms with Crippen LogP contribution in [0.25, 0.3) is 0 Å². The summed E-state index contributed by atoms with van der Waals surface area (Å²) >= 11 is 0. The summed E-state index contributed by atoms with van der Waals surface area (Å²) in [7, 11) is 0. The summed E-state index contributed by atoms with van der Waals surface area (Å²) in [5.41, 5.74) is 10.0. The van der Waals surface area contributed by atoms with Gasteiger partial charge in [0.05, 0.1) is 5.92 Å². The van der Waals surface area contributed by atoms with Gasteiger partial charge in [-0.05, 0) is 44.4 Å². The molecular weight excluding hydrogens is 386 g/mol. The van der Waals surface area contributed by atoms with E-state index in [1.807, 2.05) is 56.3 Å². The van der Waals surface area contributed by atoms with E-state index in [0.717, 1.165) is 29.5 Å². The van der Waals surface area contributed by atoms with Gasteiger partial charge in [-0.1, -0.05) is 47.5 Å². The Morgan fingerprint density at radius 1 is 1.14 bits per heavy atom. The Morgan fingerprint density at radius 3 is 2.45 bits per heavy atom. The lowest BCUT2D eigenvalue weighted by molar-refractivity contribution is -0.126. The molecule has 0 bridgehead atoms. The molecule has 3 rings (SSSR count). The third kappa shape index (κ3) is 6.05. The molecule has 2 atom stereocenters. The minimum atomic E-state index is -0.234. The lowest BCUT2D eigenvalue weighted by Gasteiger charge is -2.32. The molecule has 5 nitrogen and oxygen atoms in total. The minimum absolute atomic E-state index is 0. The number of likely N-dealkylation sites (tertiary alicyclic amines) is 1. The van der Waals surface area contributed by atoms with E-state index in [1.54, 1.807) is 4.90 Å². The monoisotopic (exact) mass is 415 g/mol. The largest absolute Gasteiger partial charge is 0.354 e. The highest BCUT2D eigenvalue weighted by Crippen LogP contribution is 2.20. The van der Waals surface area contributed by atoms with E-state index < -0.39 is 0 Å². The second-order valence-corrected chi connectivity index (χ2v) is 7.73. The Balaban J connectivity index is 0.00000300. The number of halogens is 1. The molecule has 1 aliphatic heterocycles. The van der Waals surface area contributed by atoms with Crippen LogP contribution in [-0.2, 0) is 4.79 Å². The number of hydrogen-bond donors (Lipinski definition) is 2. The number of nitrogens with one attached hydrogen (secondary N) is 1. The lowest BCUT2D eigenvalue weighted by atomic mass is 9.96. The highest BCUT2D eigenvalue weighted by Gasteiger charge is 2.29. The van der Waals surface area contributed by atoms with Crippen LogP contribution in [0.2, 0.25) is 0 Å². The van der Waals surface area contributed by atoms with E-state index in [9.17, 15) is 9.59 Å². The molecule has 6 heteroatoms. The average Bonchev–Trinajstić information content (AvgIpc) is 2.71. The van der Waals surface area contributed by atoms with Crippen LogP contribution in [0, 0.1) is 19.8 Å². The first-order valence-electron chi connectivity index (χ1n) is 9.90. The normalized spacial score (nSPS) is 17.2. The fraction of sp³-hybridized carbons (Fsp3) is 0.391. The number of carbonyl (C=O) groups excluding carboxylic acids is 2. The third-order valence-electron chi connectivity index (χ3n) is 5.27. The van der Waals surface area contributed by atoms with Crippen molar-refractivity contribution in [3.05, 3.63) is 70.8 Å². The van der Waals surface area contributed by atoms with Gasteiger partial charge in [0.2, 0.25) is 5.91 Å². The van der Waals surface area contributed by atoms with Gasteiger partial charge in [-0.3, -0.25) is 9.59 Å². The summed E-state index contributed by atoms with van der Waals surface area (Å²) in [5, 5.41) is 2.97. The molecule has 0 aliphatic carbocycles. The molecule has 29 heavy (non-hydrogen) atoms.